The van der Waals surface area contributed by atoms with Crippen LogP contribution in [-0.4, -0.2) is 21.2 Å². The van der Waals surface area contributed by atoms with Crippen LogP contribution in [0, 0.1) is 40.4 Å². The maximum absolute atomic E-state index is 14.5. The number of carboxylic acids is 1. The number of carboxylic acid groups (broad SMARTS) is 1. The number of aryl methyl sites for hydroxylation is 2. The minimum absolute atomic E-state index is 0.0770. The van der Waals surface area contributed by atoms with Gasteiger partial charge in [0.15, 0.2) is 0 Å². The minimum atomic E-state index is -1.02. The van der Waals surface area contributed by atoms with E-state index in [1.54, 1.807) is 13.0 Å². The van der Waals surface area contributed by atoms with Gasteiger partial charge in [-0.1, -0.05) is 5.16 Å². The Bertz CT molecular complexity index is 1040. The van der Waals surface area contributed by atoms with Gasteiger partial charge in [0.25, 0.3) is 5.89 Å². The standard InChI is InChI=1S/C20H19FN2O3/c1-9-6-14(8-15(12(9)4)20(24)25)18-22-19(26-23-18)17-13(5)11(3)10(2)7-16(17)21/h6-8H,1-5H3,(H,24,25). The number of aromatic nitrogens is 2. The quantitative estimate of drug-likeness (QED) is 0.732. The number of hydrogen-bond donors (Lipinski definition) is 1. The maximum atomic E-state index is 14.5. The molecule has 1 heterocycles. The SMILES string of the molecule is Cc1cc(-c2noc(-c3c(F)cc(C)c(C)c3C)n2)cc(C(=O)O)c1C. The summed E-state index contributed by atoms with van der Waals surface area (Å²) in [5, 5.41) is 13.3. The van der Waals surface area contributed by atoms with E-state index in [0.717, 1.165) is 22.3 Å². The highest BCUT2D eigenvalue weighted by Crippen LogP contribution is 2.31. The van der Waals surface area contributed by atoms with Gasteiger partial charge in [0.2, 0.25) is 5.82 Å². The van der Waals surface area contributed by atoms with E-state index >= 15 is 0 Å². The van der Waals surface area contributed by atoms with Crippen LogP contribution >= 0.6 is 0 Å². The topological polar surface area (TPSA) is 76.2 Å². The molecule has 3 rings (SSSR count). The summed E-state index contributed by atoms with van der Waals surface area (Å²) >= 11 is 0. The van der Waals surface area contributed by atoms with E-state index in [1.165, 1.54) is 12.1 Å². The summed E-state index contributed by atoms with van der Waals surface area (Å²) in [7, 11) is 0. The Morgan fingerprint density at radius 2 is 1.65 bits per heavy atom. The van der Waals surface area contributed by atoms with Crippen molar-refractivity contribution in [1.82, 2.24) is 10.1 Å². The van der Waals surface area contributed by atoms with Gasteiger partial charge in [-0.15, -0.1) is 0 Å². The molecule has 0 radical (unpaired) electrons. The first-order chi connectivity index (χ1) is 12.2. The molecule has 0 spiro atoms. The normalized spacial score (nSPS) is 11.0. The summed E-state index contributed by atoms with van der Waals surface area (Å²) in [4.78, 5) is 15.7. The van der Waals surface area contributed by atoms with E-state index in [0.29, 0.717) is 11.1 Å². The van der Waals surface area contributed by atoms with Gasteiger partial charge in [-0.25, -0.2) is 9.18 Å². The number of benzene rings is 2. The molecule has 2 aromatic carbocycles. The Morgan fingerprint density at radius 3 is 2.31 bits per heavy atom. The largest absolute Gasteiger partial charge is 0.478 e. The van der Waals surface area contributed by atoms with Crippen molar-refractivity contribution >= 4 is 5.97 Å². The Balaban J connectivity index is 2.13. The highest BCUT2D eigenvalue weighted by Gasteiger charge is 2.20. The molecular weight excluding hydrogens is 335 g/mol. The van der Waals surface area contributed by atoms with Crippen LogP contribution in [0.1, 0.15) is 38.2 Å². The van der Waals surface area contributed by atoms with E-state index in [1.807, 2.05) is 27.7 Å². The number of carbonyl (C=O) groups is 1. The van der Waals surface area contributed by atoms with Gasteiger partial charge in [0, 0.05) is 5.56 Å². The van der Waals surface area contributed by atoms with Crippen LogP contribution in [-0.2, 0) is 0 Å². The second-order valence-corrected chi connectivity index (χ2v) is 6.49. The van der Waals surface area contributed by atoms with Gasteiger partial charge in [-0.2, -0.15) is 4.98 Å². The monoisotopic (exact) mass is 354 g/mol. The van der Waals surface area contributed by atoms with Crippen molar-refractivity contribution in [2.75, 3.05) is 0 Å². The molecule has 3 aromatic rings. The molecule has 0 atom stereocenters. The minimum Gasteiger partial charge on any atom is -0.478 e. The lowest BCUT2D eigenvalue weighted by molar-refractivity contribution is 0.0696. The van der Waals surface area contributed by atoms with Crippen LogP contribution in [0.15, 0.2) is 22.7 Å². The van der Waals surface area contributed by atoms with Crippen molar-refractivity contribution in [3.8, 4) is 22.8 Å². The Kier molecular flexibility index (Phi) is 4.36. The smallest absolute Gasteiger partial charge is 0.335 e. The molecule has 0 aliphatic carbocycles. The van der Waals surface area contributed by atoms with Crippen LogP contribution in [0.4, 0.5) is 4.39 Å². The Morgan fingerprint density at radius 1 is 1.00 bits per heavy atom. The number of rotatable bonds is 3. The zero-order valence-electron chi connectivity index (χ0n) is 15.3. The zero-order chi connectivity index (χ0) is 19.2. The Hall–Kier alpha value is -3.02. The predicted molar refractivity (Wildman–Crippen MR) is 95.8 cm³/mol. The van der Waals surface area contributed by atoms with Crippen molar-refractivity contribution in [3.63, 3.8) is 0 Å². The van der Waals surface area contributed by atoms with Gasteiger partial charge >= 0.3 is 5.97 Å². The lowest BCUT2D eigenvalue weighted by Crippen LogP contribution is -2.02. The van der Waals surface area contributed by atoms with Gasteiger partial charge in [-0.3, -0.25) is 0 Å². The molecule has 26 heavy (non-hydrogen) atoms. The van der Waals surface area contributed by atoms with Gasteiger partial charge in [0.05, 0.1) is 11.1 Å². The van der Waals surface area contributed by atoms with Crippen LogP contribution in [0.25, 0.3) is 22.8 Å². The van der Waals surface area contributed by atoms with E-state index in [4.69, 9.17) is 4.52 Å². The van der Waals surface area contributed by atoms with Crippen molar-refractivity contribution in [1.29, 1.82) is 0 Å². The second kappa shape index (κ2) is 6.37. The molecule has 0 bridgehead atoms. The van der Waals surface area contributed by atoms with Gasteiger partial charge in [0.1, 0.15) is 5.82 Å². The number of aromatic carboxylic acids is 1. The lowest BCUT2D eigenvalue weighted by Gasteiger charge is -2.09. The van der Waals surface area contributed by atoms with Gasteiger partial charge < -0.3 is 9.63 Å². The summed E-state index contributed by atoms with van der Waals surface area (Å²) in [5.41, 5.74) is 5.01. The van der Waals surface area contributed by atoms with Gasteiger partial charge in [-0.05, 0) is 80.6 Å². The molecule has 0 aliphatic rings. The molecule has 1 aromatic heterocycles. The number of halogens is 1. The molecule has 0 unspecified atom stereocenters. The molecule has 1 N–H and O–H groups in total. The fraction of sp³-hybridized carbons (Fsp3) is 0.250. The van der Waals surface area contributed by atoms with Crippen LogP contribution in [0.3, 0.4) is 0 Å². The molecule has 0 fully saturated rings. The van der Waals surface area contributed by atoms with Crippen molar-refractivity contribution < 1.29 is 18.8 Å². The first-order valence-electron chi connectivity index (χ1n) is 8.16. The predicted octanol–water partition coefficient (Wildman–Crippen LogP) is 4.78. The summed E-state index contributed by atoms with van der Waals surface area (Å²) in [6.07, 6.45) is 0. The molecule has 134 valence electrons. The van der Waals surface area contributed by atoms with Crippen molar-refractivity contribution in [2.45, 2.75) is 34.6 Å². The van der Waals surface area contributed by atoms with Crippen LogP contribution < -0.4 is 0 Å². The number of nitrogens with zero attached hydrogens (tertiary/aromatic N) is 2. The molecule has 5 nitrogen and oxygen atoms in total. The highest BCUT2D eigenvalue weighted by molar-refractivity contribution is 5.91. The van der Waals surface area contributed by atoms with E-state index in [9.17, 15) is 14.3 Å². The molecule has 0 amide bonds. The first kappa shape index (κ1) is 17.8. The highest BCUT2D eigenvalue weighted by atomic mass is 19.1. The summed E-state index contributed by atoms with van der Waals surface area (Å²) in [6.45, 7) is 9.13. The third-order valence-electron chi connectivity index (χ3n) is 4.91. The average molecular weight is 354 g/mol. The van der Waals surface area contributed by atoms with Crippen LogP contribution in [0.5, 0.6) is 0 Å². The van der Waals surface area contributed by atoms with E-state index in [2.05, 4.69) is 10.1 Å². The molecule has 0 aliphatic heterocycles. The summed E-state index contributed by atoms with van der Waals surface area (Å²) < 4.78 is 19.8. The fourth-order valence-electron chi connectivity index (χ4n) is 2.95. The van der Waals surface area contributed by atoms with E-state index in [-0.39, 0.29) is 22.8 Å². The molecule has 0 saturated carbocycles. The van der Waals surface area contributed by atoms with Crippen molar-refractivity contribution in [3.05, 3.63) is 57.4 Å². The molecule has 6 heteroatoms. The van der Waals surface area contributed by atoms with Crippen molar-refractivity contribution in [2.24, 2.45) is 0 Å². The first-order valence-corrected chi connectivity index (χ1v) is 8.16. The number of hydrogen-bond acceptors (Lipinski definition) is 4. The van der Waals surface area contributed by atoms with Crippen LogP contribution in [0.2, 0.25) is 0 Å². The Labute approximate surface area is 150 Å². The molecule has 0 saturated heterocycles. The third kappa shape index (κ3) is 2.87. The molecular formula is C20H19FN2O3. The second-order valence-electron chi connectivity index (χ2n) is 6.49. The third-order valence-corrected chi connectivity index (χ3v) is 4.91. The summed E-state index contributed by atoms with van der Waals surface area (Å²) in [6, 6.07) is 4.74. The fourth-order valence-corrected chi connectivity index (χ4v) is 2.95. The summed E-state index contributed by atoms with van der Waals surface area (Å²) in [5.74, 6) is -1.14. The van der Waals surface area contributed by atoms with E-state index < -0.39 is 11.8 Å². The average Bonchev–Trinajstić information content (AvgIpc) is 3.04. The zero-order valence-corrected chi connectivity index (χ0v) is 15.3. The lowest BCUT2D eigenvalue weighted by atomic mass is 9.98. The maximum Gasteiger partial charge on any atom is 0.335 e.